The molecule has 0 fully saturated rings. The molecule has 1 N–H and O–H groups in total. The number of aliphatic hydroxyl groups excluding tert-OH is 1. The predicted octanol–water partition coefficient (Wildman–Crippen LogP) is 4.30. The average Bonchev–Trinajstić information content (AvgIpc) is 3.08. The van der Waals surface area contributed by atoms with Crippen LogP contribution in [0, 0.1) is 12.8 Å². The van der Waals surface area contributed by atoms with E-state index in [0.717, 1.165) is 24.0 Å². The van der Waals surface area contributed by atoms with E-state index >= 15 is 0 Å². The molecular formula is C21H22N2O2. The van der Waals surface area contributed by atoms with Crippen LogP contribution in [0.3, 0.4) is 0 Å². The number of aryl methyl sites for hydroxylation is 1. The zero-order valence-electron chi connectivity index (χ0n) is 14.3. The van der Waals surface area contributed by atoms with E-state index in [1.807, 2.05) is 42.5 Å². The van der Waals surface area contributed by atoms with Crippen LogP contribution >= 0.6 is 0 Å². The molecule has 4 heteroatoms. The van der Waals surface area contributed by atoms with Crippen molar-refractivity contribution in [1.29, 1.82) is 0 Å². The highest BCUT2D eigenvalue weighted by Crippen LogP contribution is 2.20. The minimum absolute atomic E-state index is 0.192. The van der Waals surface area contributed by atoms with Crippen molar-refractivity contribution < 1.29 is 9.52 Å². The highest BCUT2D eigenvalue weighted by atomic mass is 16.4. The van der Waals surface area contributed by atoms with Crippen LogP contribution in [0.2, 0.25) is 0 Å². The van der Waals surface area contributed by atoms with E-state index in [1.54, 1.807) is 6.92 Å². The van der Waals surface area contributed by atoms with E-state index < -0.39 is 0 Å². The molecule has 0 saturated heterocycles. The third-order valence-electron chi connectivity index (χ3n) is 4.09. The molecule has 25 heavy (non-hydrogen) atoms. The minimum Gasteiger partial charge on any atom is -0.421 e. The number of aromatic nitrogens is 2. The first-order chi connectivity index (χ1) is 12.2. The summed E-state index contributed by atoms with van der Waals surface area (Å²) in [5.74, 6) is 1.41. The fourth-order valence-electron chi connectivity index (χ4n) is 2.75. The van der Waals surface area contributed by atoms with Gasteiger partial charge < -0.3 is 9.52 Å². The summed E-state index contributed by atoms with van der Waals surface area (Å²) in [7, 11) is 0. The average molecular weight is 334 g/mol. The van der Waals surface area contributed by atoms with Gasteiger partial charge in [0.15, 0.2) is 0 Å². The van der Waals surface area contributed by atoms with Gasteiger partial charge >= 0.3 is 0 Å². The zero-order chi connectivity index (χ0) is 17.5. The Morgan fingerprint density at radius 3 is 2.44 bits per heavy atom. The lowest BCUT2D eigenvalue weighted by atomic mass is 9.95. The molecule has 0 spiro atoms. The van der Waals surface area contributed by atoms with Gasteiger partial charge in [-0.25, -0.2) is 0 Å². The summed E-state index contributed by atoms with van der Waals surface area (Å²) < 4.78 is 5.44. The van der Waals surface area contributed by atoms with Crippen LogP contribution in [0.25, 0.3) is 17.5 Å². The summed E-state index contributed by atoms with van der Waals surface area (Å²) in [4.78, 5) is 0. The molecule has 0 amide bonds. The van der Waals surface area contributed by atoms with E-state index in [0.29, 0.717) is 17.7 Å². The maximum atomic E-state index is 9.32. The smallest absolute Gasteiger partial charge is 0.247 e. The Labute approximate surface area is 147 Å². The Balaban J connectivity index is 1.68. The van der Waals surface area contributed by atoms with Gasteiger partial charge in [0, 0.05) is 19.1 Å². The van der Waals surface area contributed by atoms with E-state index in [9.17, 15) is 5.11 Å². The van der Waals surface area contributed by atoms with Gasteiger partial charge in [-0.1, -0.05) is 54.6 Å². The second kappa shape index (κ2) is 8.40. The molecule has 3 rings (SSSR count). The van der Waals surface area contributed by atoms with Crippen LogP contribution in [0.4, 0.5) is 0 Å². The van der Waals surface area contributed by atoms with Crippen molar-refractivity contribution in [3.05, 3.63) is 77.7 Å². The van der Waals surface area contributed by atoms with Crippen molar-refractivity contribution in [1.82, 2.24) is 10.2 Å². The number of benzene rings is 2. The molecule has 1 aromatic heterocycles. The van der Waals surface area contributed by atoms with Gasteiger partial charge in [0.1, 0.15) is 0 Å². The maximum absolute atomic E-state index is 9.32. The van der Waals surface area contributed by atoms with Crippen LogP contribution in [0.15, 0.2) is 65.1 Å². The molecule has 0 saturated carbocycles. The number of hydrogen-bond acceptors (Lipinski definition) is 4. The molecule has 3 aromatic rings. The summed E-state index contributed by atoms with van der Waals surface area (Å²) in [6, 6.07) is 18.4. The SMILES string of the molecule is Cc1nnc(-c2ccc(/C=C/C(CCO)Cc3ccccc3)cc2)o1. The summed E-state index contributed by atoms with van der Waals surface area (Å²) in [6.07, 6.45) is 5.96. The lowest BCUT2D eigenvalue weighted by molar-refractivity contribution is 0.270. The van der Waals surface area contributed by atoms with E-state index in [2.05, 4.69) is 34.5 Å². The molecule has 4 nitrogen and oxygen atoms in total. The minimum atomic E-state index is 0.192. The molecule has 0 bridgehead atoms. The molecule has 1 unspecified atom stereocenters. The molecule has 0 aliphatic heterocycles. The number of rotatable bonds is 7. The highest BCUT2D eigenvalue weighted by molar-refractivity contribution is 5.58. The lowest BCUT2D eigenvalue weighted by Crippen LogP contribution is -2.03. The van der Waals surface area contributed by atoms with Crippen LogP contribution in [0.1, 0.15) is 23.4 Å². The molecule has 128 valence electrons. The van der Waals surface area contributed by atoms with Gasteiger partial charge in [-0.2, -0.15) is 0 Å². The number of hydrogen-bond donors (Lipinski definition) is 1. The van der Waals surface area contributed by atoms with Crippen LogP contribution < -0.4 is 0 Å². The lowest BCUT2D eigenvalue weighted by Gasteiger charge is -2.11. The highest BCUT2D eigenvalue weighted by Gasteiger charge is 2.07. The quantitative estimate of drug-likeness (QED) is 0.700. The third kappa shape index (κ3) is 4.88. The van der Waals surface area contributed by atoms with Gasteiger partial charge in [0.25, 0.3) is 0 Å². The van der Waals surface area contributed by atoms with E-state index in [-0.39, 0.29) is 6.61 Å². The number of aliphatic hydroxyl groups is 1. The van der Waals surface area contributed by atoms with Crippen molar-refractivity contribution in [3.8, 4) is 11.5 Å². The Morgan fingerprint density at radius 2 is 1.80 bits per heavy atom. The van der Waals surface area contributed by atoms with Crippen LogP contribution in [-0.4, -0.2) is 21.9 Å². The topological polar surface area (TPSA) is 59.2 Å². The van der Waals surface area contributed by atoms with Gasteiger partial charge in [0.05, 0.1) is 0 Å². The maximum Gasteiger partial charge on any atom is 0.247 e. The predicted molar refractivity (Wildman–Crippen MR) is 98.8 cm³/mol. The Hall–Kier alpha value is -2.72. The zero-order valence-corrected chi connectivity index (χ0v) is 14.3. The van der Waals surface area contributed by atoms with Crippen molar-refractivity contribution >= 4 is 6.08 Å². The molecule has 0 radical (unpaired) electrons. The number of allylic oxidation sites excluding steroid dienone is 1. The molecule has 0 aliphatic carbocycles. The normalized spacial score (nSPS) is 12.6. The first-order valence-electron chi connectivity index (χ1n) is 8.48. The fraction of sp³-hybridized carbons (Fsp3) is 0.238. The number of nitrogens with zero attached hydrogens (tertiary/aromatic N) is 2. The van der Waals surface area contributed by atoms with Gasteiger partial charge in [0.2, 0.25) is 11.8 Å². The van der Waals surface area contributed by atoms with Gasteiger partial charge in [-0.3, -0.25) is 0 Å². The Morgan fingerprint density at radius 1 is 1.04 bits per heavy atom. The van der Waals surface area contributed by atoms with Crippen LogP contribution in [-0.2, 0) is 6.42 Å². The Bertz CT molecular complexity index is 807. The third-order valence-corrected chi connectivity index (χ3v) is 4.09. The summed E-state index contributed by atoms with van der Waals surface area (Å²) in [5.41, 5.74) is 3.30. The van der Waals surface area contributed by atoms with Gasteiger partial charge in [-0.05, 0) is 42.0 Å². The molecule has 0 aliphatic rings. The van der Waals surface area contributed by atoms with Crippen molar-refractivity contribution in [2.75, 3.05) is 6.61 Å². The molecule has 1 atom stereocenters. The second-order valence-electron chi connectivity index (χ2n) is 6.07. The molecule has 2 aromatic carbocycles. The monoisotopic (exact) mass is 334 g/mol. The first kappa shape index (κ1) is 17.1. The summed E-state index contributed by atoms with van der Waals surface area (Å²) >= 11 is 0. The molecule has 1 heterocycles. The standard InChI is InChI=1S/C21H22N2O2/c1-16-22-23-21(25-16)20-11-9-17(10-12-20)7-8-19(13-14-24)15-18-5-3-2-4-6-18/h2-12,19,24H,13-15H2,1H3/b8-7+. The second-order valence-corrected chi connectivity index (χ2v) is 6.07. The molecular weight excluding hydrogens is 312 g/mol. The fourth-order valence-corrected chi connectivity index (χ4v) is 2.75. The van der Waals surface area contributed by atoms with E-state index in [4.69, 9.17) is 4.42 Å². The summed E-state index contributed by atoms with van der Waals surface area (Å²) in [6.45, 7) is 1.97. The van der Waals surface area contributed by atoms with Gasteiger partial charge in [-0.15, -0.1) is 10.2 Å². The van der Waals surface area contributed by atoms with Crippen LogP contribution in [0.5, 0.6) is 0 Å². The van der Waals surface area contributed by atoms with Crippen molar-refractivity contribution in [2.24, 2.45) is 5.92 Å². The van der Waals surface area contributed by atoms with E-state index in [1.165, 1.54) is 5.56 Å². The summed E-state index contributed by atoms with van der Waals surface area (Å²) in [5, 5.41) is 17.2. The first-order valence-corrected chi connectivity index (χ1v) is 8.48. The van der Waals surface area contributed by atoms with Crippen molar-refractivity contribution in [3.63, 3.8) is 0 Å². The Kier molecular flexibility index (Phi) is 5.75. The largest absolute Gasteiger partial charge is 0.421 e. The van der Waals surface area contributed by atoms with Crippen molar-refractivity contribution in [2.45, 2.75) is 19.8 Å².